The summed E-state index contributed by atoms with van der Waals surface area (Å²) in [5.74, 6) is 0.560. The monoisotopic (exact) mass is 496 g/mol. The molecule has 0 atom stereocenters. The number of aryl methyl sites for hydroxylation is 2. The van der Waals surface area contributed by atoms with E-state index in [2.05, 4.69) is 19.9 Å². The minimum atomic E-state index is -0.322. The Morgan fingerprint density at radius 3 is 2.61 bits per heavy atom. The molecule has 10 heteroatoms. The second-order valence-electron chi connectivity index (χ2n) is 7.90. The fourth-order valence-electron chi connectivity index (χ4n) is 4.25. The predicted molar refractivity (Wildman–Crippen MR) is 132 cm³/mol. The lowest BCUT2D eigenvalue weighted by atomic mass is 9.97. The van der Waals surface area contributed by atoms with Gasteiger partial charge < -0.3 is 9.97 Å². The molecule has 0 amide bonds. The second-order valence-corrected chi connectivity index (χ2v) is 10.8. The first-order valence-electron chi connectivity index (χ1n) is 10.5. The zero-order valence-corrected chi connectivity index (χ0v) is 19.7. The van der Waals surface area contributed by atoms with E-state index < -0.39 is 0 Å². The summed E-state index contributed by atoms with van der Waals surface area (Å²) >= 11 is 4.33. The van der Waals surface area contributed by atoms with E-state index in [0.29, 0.717) is 27.0 Å². The Morgan fingerprint density at radius 1 is 0.970 bits per heavy atom. The molecule has 4 heterocycles. The molecule has 2 N–H and O–H groups in total. The molecule has 6 rings (SSSR count). The van der Waals surface area contributed by atoms with E-state index in [4.69, 9.17) is 0 Å². The first-order chi connectivity index (χ1) is 16.1. The van der Waals surface area contributed by atoms with E-state index >= 15 is 0 Å². The summed E-state index contributed by atoms with van der Waals surface area (Å²) in [6, 6.07) is 6.06. The summed E-state index contributed by atoms with van der Waals surface area (Å²) < 4.78 is 13.3. The Hall–Kier alpha value is -2.82. The minimum absolute atomic E-state index is 0.0963. The average Bonchev–Trinajstić information content (AvgIpc) is 3.40. The number of hydrogen-bond acceptors (Lipinski definition) is 7. The van der Waals surface area contributed by atoms with Crippen molar-refractivity contribution in [2.24, 2.45) is 0 Å². The normalized spacial score (nSPS) is 13.6. The molecule has 6 nitrogen and oxygen atoms in total. The van der Waals surface area contributed by atoms with Gasteiger partial charge in [-0.3, -0.25) is 9.59 Å². The topological polar surface area (TPSA) is 91.5 Å². The largest absolute Gasteiger partial charge is 0.309 e. The van der Waals surface area contributed by atoms with Crippen LogP contribution < -0.4 is 11.1 Å². The highest BCUT2D eigenvalue weighted by Crippen LogP contribution is 2.35. The summed E-state index contributed by atoms with van der Waals surface area (Å²) in [6.07, 6.45) is 4.23. The maximum atomic E-state index is 13.3. The summed E-state index contributed by atoms with van der Waals surface area (Å²) in [7, 11) is 0. The molecule has 0 saturated carbocycles. The number of thiophene rings is 2. The summed E-state index contributed by atoms with van der Waals surface area (Å²) in [5.41, 5.74) is 2.34. The molecule has 4 aromatic heterocycles. The smallest absolute Gasteiger partial charge is 0.260 e. The lowest BCUT2D eigenvalue weighted by Gasteiger charge is -2.09. The van der Waals surface area contributed by atoms with Crippen LogP contribution in [0.4, 0.5) is 4.39 Å². The van der Waals surface area contributed by atoms with Gasteiger partial charge in [0, 0.05) is 15.8 Å². The van der Waals surface area contributed by atoms with E-state index in [1.165, 1.54) is 40.1 Å². The molecule has 0 radical (unpaired) electrons. The predicted octanol–water partition coefficient (Wildman–Crippen LogP) is 5.26. The highest BCUT2D eigenvalue weighted by Gasteiger charge is 2.20. The third kappa shape index (κ3) is 3.71. The highest BCUT2D eigenvalue weighted by molar-refractivity contribution is 7.98. The van der Waals surface area contributed by atoms with Gasteiger partial charge in [0.1, 0.15) is 21.3 Å². The minimum Gasteiger partial charge on any atom is -0.309 e. The Kier molecular flexibility index (Phi) is 5.16. The van der Waals surface area contributed by atoms with Gasteiger partial charge in [-0.2, -0.15) is 0 Å². The molecule has 5 aromatic rings. The lowest BCUT2D eigenvalue weighted by Crippen LogP contribution is -2.12. The van der Waals surface area contributed by atoms with Crippen LogP contribution in [0, 0.1) is 5.82 Å². The van der Waals surface area contributed by atoms with E-state index in [9.17, 15) is 14.0 Å². The average molecular weight is 497 g/mol. The van der Waals surface area contributed by atoms with Gasteiger partial charge in [-0.25, -0.2) is 14.4 Å². The van der Waals surface area contributed by atoms with Gasteiger partial charge >= 0.3 is 0 Å². The van der Waals surface area contributed by atoms with Crippen LogP contribution in [0.3, 0.4) is 0 Å². The number of hydrogen-bond donors (Lipinski definition) is 2. The molecule has 0 saturated heterocycles. The van der Waals surface area contributed by atoms with Crippen LogP contribution >= 0.6 is 34.4 Å². The number of fused-ring (bicyclic) bond motifs is 4. The van der Waals surface area contributed by atoms with Crippen molar-refractivity contribution in [1.29, 1.82) is 0 Å². The zero-order chi connectivity index (χ0) is 22.5. The zero-order valence-electron chi connectivity index (χ0n) is 17.2. The number of aromatic nitrogens is 4. The second kappa shape index (κ2) is 8.19. The fraction of sp³-hybridized carbons (Fsp3) is 0.217. The van der Waals surface area contributed by atoms with Crippen LogP contribution in [-0.4, -0.2) is 19.9 Å². The third-order valence-electron chi connectivity index (χ3n) is 5.80. The number of rotatable bonds is 4. The summed E-state index contributed by atoms with van der Waals surface area (Å²) in [4.78, 5) is 43.3. The number of H-pyrrole nitrogens is 2. The molecule has 0 aliphatic heterocycles. The fourth-order valence-corrected chi connectivity index (χ4v) is 7.27. The van der Waals surface area contributed by atoms with Gasteiger partial charge in [-0.15, -0.1) is 22.7 Å². The van der Waals surface area contributed by atoms with Crippen LogP contribution in [0.15, 0.2) is 44.4 Å². The molecule has 1 aliphatic carbocycles. The molecular formula is C23H17FN4O2S3. The first-order valence-corrected chi connectivity index (χ1v) is 13.2. The molecule has 0 spiro atoms. The SMILES string of the molecule is O=c1[nH]c(CSc2nc3sc4c(c3c(=O)[nH]2)CCCC4)nc2scc(-c3ccc(F)cc3)c12. The molecule has 0 fully saturated rings. The Labute approximate surface area is 198 Å². The molecule has 1 aromatic carbocycles. The number of aromatic amines is 2. The van der Waals surface area contributed by atoms with Crippen molar-refractivity contribution in [3.8, 4) is 11.1 Å². The van der Waals surface area contributed by atoms with Crippen LogP contribution in [0.2, 0.25) is 0 Å². The van der Waals surface area contributed by atoms with E-state index in [0.717, 1.165) is 52.6 Å². The van der Waals surface area contributed by atoms with Crippen molar-refractivity contribution in [3.63, 3.8) is 0 Å². The van der Waals surface area contributed by atoms with Crippen molar-refractivity contribution in [2.75, 3.05) is 0 Å². The van der Waals surface area contributed by atoms with Crippen molar-refractivity contribution >= 4 is 54.9 Å². The molecule has 0 bridgehead atoms. The van der Waals surface area contributed by atoms with Crippen LogP contribution in [0.1, 0.15) is 29.1 Å². The van der Waals surface area contributed by atoms with E-state index in [1.54, 1.807) is 23.5 Å². The van der Waals surface area contributed by atoms with E-state index in [-0.39, 0.29) is 16.9 Å². The van der Waals surface area contributed by atoms with Crippen molar-refractivity contribution in [1.82, 2.24) is 19.9 Å². The number of halogens is 1. The van der Waals surface area contributed by atoms with Gasteiger partial charge in [0.05, 0.1) is 16.5 Å². The third-order valence-corrected chi connectivity index (χ3v) is 8.74. The van der Waals surface area contributed by atoms with Gasteiger partial charge in [0.25, 0.3) is 11.1 Å². The quantitative estimate of drug-likeness (QED) is 0.262. The first kappa shape index (κ1) is 20.8. The number of nitrogens with zero attached hydrogens (tertiary/aromatic N) is 2. The Balaban J connectivity index is 1.29. The van der Waals surface area contributed by atoms with Crippen LogP contribution in [-0.2, 0) is 18.6 Å². The molecule has 33 heavy (non-hydrogen) atoms. The van der Waals surface area contributed by atoms with E-state index in [1.807, 2.05) is 5.38 Å². The van der Waals surface area contributed by atoms with Crippen LogP contribution in [0.5, 0.6) is 0 Å². The van der Waals surface area contributed by atoms with Crippen molar-refractivity contribution in [3.05, 3.63) is 72.4 Å². The molecule has 0 unspecified atom stereocenters. The molecular weight excluding hydrogens is 479 g/mol. The standard InChI is InChI=1S/C23H17FN4O2S3/c24-12-7-5-11(6-8-12)14-9-31-21-18(14)19(29)25-16(26-21)10-32-23-27-20(30)17-13-3-1-2-4-15(13)33-22(17)28-23/h5-9H,1-4,10H2,(H,25,26,29)(H,27,28,30). The van der Waals surface area contributed by atoms with Crippen molar-refractivity contribution < 1.29 is 4.39 Å². The van der Waals surface area contributed by atoms with Gasteiger partial charge in [0.2, 0.25) is 0 Å². The maximum absolute atomic E-state index is 13.3. The van der Waals surface area contributed by atoms with Gasteiger partial charge in [0.15, 0.2) is 5.16 Å². The lowest BCUT2D eigenvalue weighted by molar-refractivity contribution is 0.628. The molecule has 166 valence electrons. The van der Waals surface area contributed by atoms with Gasteiger partial charge in [-0.1, -0.05) is 23.9 Å². The number of benzene rings is 1. The summed E-state index contributed by atoms with van der Waals surface area (Å²) in [5, 5.41) is 3.62. The number of thioether (sulfide) groups is 1. The highest BCUT2D eigenvalue weighted by atomic mass is 32.2. The van der Waals surface area contributed by atoms with Gasteiger partial charge in [-0.05, 0) is 48.9 Å². The maximum Gasteiger partial charge on any atom is 0.260 e. The molecule has 1 aliphatic rings. The summed E-state index contributed by atoms with van der Waals surface area (Å²) in [6.45, 7) is 0. The van der Waals surface area contributed by atoms with Crippen LogP contribution in [0.25, 0.3) is 31.6 Å². The van der Waals surface area contributed by atoms with Crippen molar-refractivity contribution in [2.45, 2.75) is 36.6 Å². The Morgan fingerprint density at radius 2 is 1.76 bits per heavy atom. The number of nitrogens with one attached hydrogen (secondary N) is 2. The Bertz CT molecular complexity index is 1630.